The number of methoxy groups -OCH3 is 1. The molecule has 0 aliphatic heterocycles. The Bertz CT molecular complexity index is 879. The minimum absolute atomic E-state index is 0.249. The van der Waals surface area contributed by atoms with Gasteiger partial charge in [0.05, 0.1) is 7.11 Å². The van der Waals surface area contributed by atoms with Gasteiger partial charge in [0.2, 0.25) is 0 Å². The molecule has 0 aliphatic carbocycles. The maximum Gasteiger partial charge on any atom is 0.276 e. The van der Waals surface area contributed by atoms with Crippen molar-refractivity contribution in [2.24, 2.45) is 0 Å². The fourth-order valence-corrected chi connectivity index (χ4v) is 2.27. The molecular formula is C19H18N4O2. The van der Waals surface area contributed by atoms with Crippen LogP contribution in [0.1, 0.15) is 16.1 Å². The summed E-state index contributed by atoms with van der Waals surface area (Å²) in [5.41, 5.74) is 2.82. The standard InChI is InChI=1S/C19H18N4O2/c1-13-6-3-4-9-16(13)21-19(24)17-10-11-18(23-22-17)20-14-7-5-8-15(12-14)25-2/h3-12H,1-2H3,(H,20,23)(H,21,24). The van der Waals surface area contributed by atoms with Crippen LogP contribution in [0.3, 0.4) is 0 Å². The van der Waals surface area contributed by atoms with E-state index in [-0.39, 0.29) is 11.6 Å². The van der Waals surface area contributed by atoms with Crippen LogP contribution in [-0.4, -0.2) is 23.2 Å². The molecule has 0 unspecified atom stereocenters. The van der Waals surface area contributed by atoms with Gasteiger partial charge in [-0.25, -0.2) is 0 Å². The molecule has 0 saturated carbocycles. The largest absolute Gasteiger partial charge is 0.497 e. The number of hydrogen-bond donors (Lipinski definition) is 2. The van der Waals surface area contributed by atoms with E-state index in [9.17, 15) is 4.79 Å². The summed E-state index contributed by atoms with van der Waals surface area (Å²) in [4.78, 5) is 12.3. The highest BCUT2D eigenvalue weighted by atomic mass is 16.5. The van der Waals surface area contributed by atoms with E-state index in [1.807, 2.05) is 55.5 Å². The number of rotatable bonds is 5. The van der Waals surface area contributed by atoms with Gasteiger partial charge in [-0.3, -0.25) is 4.79 Å². The molecule has 1 heterocycles. The molecule has 0 atom stereocenters. The summed E-state index contributed by atoms with van der Waals surface area (Å²) < 4.78 is 5.18. The number of nitrogens with zero attached hydrogens (tertiary/aromatic N) is 2. The van der Waals surface area contributed by atoms with E-state index in [0.29, 0.717) is 5.82 Å². The van der Waals surface area contributed by atoms with E-state index in [1.54, 1.807) is 19.2 Å². The second-order valence-corrected chi connectivity index (χ2v) is 5.43. The Balaban J connectivity index is 1.69. The van der Waals surface area contributed by atoms with Crippen molar-refractivity contribution >= 4 is 23.1 Å². The van der Waals surface area contributed by atoms with Gasteiger partial charge >= 0.3 is 0 Å². The summed E-state index contributed by atoms with van der Waals surface area (Å²) in [6.45, 7) is 1.93. The van der Waals surface area contributed by atoms with Crippen molar-refractivity contribution in [3.8, 4) is 5.75 Å². The molecular weight excluding hydrogens is 316 g/mol. The summed E-state index contributed by atoms with van der Waals surface area (Å²) in [6, 6.07) is 18.4. The van der Waals surface area contributed by atoms with Crippen molar-refractivity contribution in [1.82, 2.24) is 10.2 Å². The van der Waals surface area contributed by atoms with Crippen molar-refractivity contribution in [3.63, 3.8) is 0 Å². The van der Waals surface area contributed by atoms with Crippen LogP contribution in [0.15, 0.2) is 60.7 Å². The topological polar surface area (TPSA) is 76.1 Å². The summed E-state index contributed by atoms with van der Waals surface area (Å²) in [5, 5.41) is 14.0. The lowest BCUT2D eigenvalue weighted by molar-refractivity contribution is 0.102. The number of carbonyl (C=O) groups excluding carboxylic acids is 1. The zero-order chi connectivity index (χ0) is 17.6. The number of para-hydroxylation sites is 1. The van der Waals surface area contributed by atoms with Gasteiger partial charge in [0, 0.05) is 17.4 Å². The van der Waals surface area contributed by atoms with Gasteiger partial charge in [0.25, 0.3) is 5.91 Å². The maximum atomic E-state index is 12.3. The van der Waals surface area contributed by atoms with Crippen LogP contribution in [-0.2, 0) is 0 Å². The first-order valence-electron chi connectivity index (χ1n) is 7.77. The molecule has 2 N–H and O–H groups in total. The molecule has 0 bridgehead atoms. The van der Waals surface area contributed by atoms with Crippen LogP contribution >= 0.6 is 0 Å². The van der Waals surface area contributed by atoms with Crippen LogP contribution in [0, 0.1) is 6.92 Å². The number of anilines is 3. The lowest BCUT2D eigenvalue weighted by Crippen LogP contribution is -2.15. The Kier molecular flexibility index (Phi) is 4.89. The van der Waals surface area contributed by atoms with E-state index in [1.165, 1.54) is 0 Å². The third-order valence-corrected chi connectivity index (χ3v) is 3.63. The molecule has 0 spiro atoms. The third kappa shape index (κ3) is 4.11. The minimum Gasteiger partial charge on any atom is -0.497 e. The van der Waals surface area contributed by atoms with Gasteiger partial charge < -0.3 is 15.4 Å². The number of aryl methyl sites for hydroxylation is 1. The molecule has 3 rings (SSSR count). The molecule has 1 aromatic heterocycles. The van der Waals surface area contributed by atoms with Crippen molar-refractivity contribution in [1.29, 1.82) is 0 Å². The lowest BCUT2D eigenvalue weighted by atomic mass is 10.2. The summed E-state index contributed by atoms with van der Waals surface area (Å²) in [6.07, 6.45) is 0. The van der Waals surface area contributed by atoms with Crippen LogP contribution in [0.2, 0.25) is 0 Å². The highest BCUT2D eigenvalue weighted by Crippen LogP contribution is 2.20. The average molecular weight is 334 g/mol. The first-order chi connectivity index (χ1) is 12.2. The number of ether oxygens (including phenoxy) is 1. The van der Waals surface area contributed by atoms with Gasteiger partial charge in [-0.05, 0) is 42.8 Å². The van der Waals surface area contributed by atoms with Gasteiger partial charge in [-0.15, -0.1) is 10.2 Å². The molecule has 0 aliphatic rings. The summed E-state index contributed by atoms with van der Waals surface area (Å²) >= 11 is 0. The van der Waals surface area contributed by atoms with Crippen LogP contribution in [0.5, 0.6) is 5.75 Å². The van der Waals surface area contributed by atoms with Gasteiger partial charge in [-0.2, -0.15) is 0 Å². The van der Waals surface area contributed by atoms with Crippen molar-refractivity contribution in [2.75, 3.05) is 17.7 Å². The minimum atomic E-state index is -0.297. The molecule has 1 amide bonds. The number of aromatic nitrogens is 2. The quantitative estimate of drug-likeness (QED) is 0.742. The Morgan fingerprint density at radius 1 is 1.00 bits per heavy atom. The van der Waals surface area contributed by atoms with E-state index in [2.05, 4.69) is 20.8 Å². The van der Waals surface area contributed by atoms with E-state index < -0.39 is 0 Å². The summed E-state index contributed by atoms with van der Waals surface area (Å²) in [5.74, 6) is 0.989. The average Bonchev–Trinajstić information content (AvgIpc) is 2.64. The predicted molar refractivity (Wildman–Crippen MR) is 97.4 cm³/mol. The Hall–Kier alpha value is -3.41. The van der Waals surface area contributed by atoms with E-state index >= 15 is 0 Å². The SMILES string of the molecule is COc1cccc(Nc2ccc(C(=O)Nc3ccccc3C)nn2)c1. The zero-order valence-corrected chi connectivity index (χ0v) is 14.0. The van der Waals surface area contributed by atoms with Gasteiger partial charge in [0.1, 0.15) is 5.75 Å². The molecule has 25 heavy (non-hydrogen) atoms. The first kappa shape index (κ1) is 16.4. The maximum absolute atomic E-state index is 12.3. The van der Waals surface area contributed by atoms with Crippen LogP contribution in [0.4, 0.5) is 17.2 Å². The smallest absolute Gasteiger partial charge is 0.276 e. The lowest BCUT2D eigenvalue weighted by Gasteiger charge is -2.09. The molecule has 2 aromatic carbocycles. The zero-order valence-electron chi connectivity index (χ0n) is 14.0. The van der Waals surface area contributed by atoms with E-state index in [0.717, 1.165) is 22.7 Å². The summed E-state index contributed by atoms with van der Waals surface area (Å²) in [7, 11) is 1.61. The molecule has 0 radical (unpaired) electrons. The molecule has 6 heteroatoms. The molecule has 0 saturated heterocycles. The number of nitrogens with one attached hydrogen (secondary N) is 2. The fraction of sp³-hybridized carbons (Fsp3) is 0.105. The van der Waals surface area contributed by atoms with E-state index in [4.69, 9.17) is 4.74 Å². The molecule has 0 fully saturated rings. The second-order valence-electron chi connectivity index (χ2n) is 5.43. The van der Waals surface area contributed by atoms with Gasteiger partial charge in [-0.1, -0.05) is 24.3 Å². The van der Waals surface area contributed by atoms with Crippen LogP contribution in [0.25, 0.3) is 0 Å². The highest BCUT2D eigenvalue weighted by molar-refractivity contribution is 6.03. The Morgan fingerprint density at radius 2 is 1.84 bits per heavy atom. The first-order valence-corrected chi connectivity index (χ1v) is 7.77. The third-order valence-electron chi connectivity index (χ3n) is 3.63. The Morgan fingerprint density at radius 3 is 2.56 bits per heavy atom. The molecule has 126 valence electrons. The number of amides is 1. The van der Waals surface area contributed by atoms with Crippen molar-refractivity contribution in [2.45, 2.75) is 6.92 Å². The fourth-order valence-electron chi connectivity index (χ4n) is 2.27. The second kappa shape index (κ2) is 7.44. The van der Waals surface area contributed by atoms with Crippen molar-refractivity contribution < 1.29 is 9.53 Å². The molecule has 6 nitrogen and oxygen atoms in total. The predicted octanol–water partition coefficient (Wildman–Crippen LogP) is 3.79. The van der Waals surface area contributed by atoms with Crippen molar-refractivity contribution in [3.05, 3.63) is 71.9 Å². The highest BCUT2D eigenvalue weighted by Gasteiger charge is 2.10. The van der Waals surface area contributed by atoms with Gasteiger partial charge in [0.15, 0.2) is 11.5 Å². The molecule has 3 aromatic rings. The number of carbonyl (C=O) groups is 1. The number of hydrogen-bond acceptors (Lipinski definition) is 5. The number of benzene rings is 2. The Labute approximate surface area is 145 Å². The van der Waals surface area contributed by atoms with Crippen LogP contribution < -0.4 is 15.4 Å². The monoisotopic (exact) mass is 334 g/mol. The normalized spacial score (nSPS) is 10.2.